The molecule has 2 N–H and O–H groups in total. The minimum absolute atomic E-state index is 0.111. The van der Waals surface area contributed by atoms with Crippen LogP contribution in [0.2, 0.25) is 0 Å². The minimum atomic E-state index is 0.111. The summed E-state index contributed by atoms with van der Waals surface area (Å²) in [6.07, 6.45) is 0. The summed E-state index contributed by atoms with van der Waals surface area (Å²) in [6, 6.07) is 5.87. The van der Waals surface area contributed by atoms with Crippen LogP contribution >= 0.6 is 0 Å². The second kappa shape index (κ2) is 4.72. The number of methoxy groups -OCH3 is 1. The Morgan fingerprint density at radius 1 is 1.50 bits per heavy atom. The van der Waals surface area contributed by atoms with Crippen LogP contribution < -0.4 is 10.1 Å². The van der Waals surface area contributed by atoms with Gasteiger partial charge in [0.25, 0.3) is 0 Å². The summed E-state index contributed by atoms with van der Waals surface area (Å²) < 4.78 is 10.1. The molecule has 4 nitrogen and oxygen atoms in total. The zero-order valence-electron chi connectivity index (χ0n) is 9.56. The molecule has 0 amide bonds. The third-order valence-electron chi connectivity index (χ3n) is 2.83. The number of ether oxygens (including phenoxy) is 2. The van der Waals surface area contributed by atoms with Gasteiger partial charge in [-0.1, -0.05) is 6.07 Å². The molecule has 2 rings (SSSR count). The molecule has 0 saturated carbocycles. The predicted molar refractivity (Wildman–Crippen MR) is 60.8 cm³/mol. The normalized spacial score (nSPS) is 17.9. The molecule has 1 saturated heterocycles. The fraction of sp³-hybridized carbons (Fsp3) is 0.500. The Kier molecular flexibility index (Phi) is 3.31. The molecule has 1 atom stereocenters. The van der Waals surface area contributed by atoms with Crippen LogP contribution in [0, 0.1) is 0 Å². The maximum absolute atomic E-state index is 9.85. The van der Waals surface area contributed by atoms with Crippen molar-refractivity contribution in [2.75, 3.05) is 20.3 Å². The quantitative estimate of drug-likeness (QED) is 0.811. The van der Waals surface area contributed by atoms with Crippen LogP contribution in [0.5, 0.6) is 11.5 Å². The van der Waals surface area contributed by atoms with E-state index in [9.17, 15) is 5.11 Å². The van der Waals surface area contributed by atoms with Crippen LogP contribution in [0.3, 0.4) is 0 Å². The van der Waals surface area contributed by atoms with Gasteiger partial charge >= 0.3 is 0 Å². The van der Waals surface area contributed by atoms with Crippen LogP contribution in [0.25, 0.3) is 0 Å². The van der Waals surface area contributed by atoms with Gasteiger partial charge in [-0.3, -0.25) is 0 Å². The van der Waals surface area contributed by atoms with Gasteiger partial charge in [-0.05, 0) is 13.0 Å². The number of hydrogen-bond donors (Lipinski definition) is 2. The number of nitrogens with one attached hydrogen (secondary N) is 1. The van der Waals surface area contributed by atoms with Gasteiger partial charge in [-0.2, -0.15) is 0 Å². The van der Waals surface area contributed by atoms with Crippen molar-refractivity contribution in [3.8, 4) is 11.5 Å². The Morgan fingerprint density at radius 2 is 2.25 bits per heavy atom. The standard InChI is InChI=1S/C12H17NO3/c1-8(13-9-6-16-7-9)11-4-3-10(15-2)5-12(11)14/h3-5,8-9,13-14H,6-7H2,1-2H3. The molecular weight excluding hydrogens is 206 g/mol. The topological polar surface area (TPSA) is 50.7 Å². The summed E-state index contributed by atoms with van der Waals surface area (Å²) in [7, 11) is 1.59. The van der Waals surface area contributed by atoms with Crippen LogP contribution in [0.4, 0.5) is 0 Å². The second-order valence-corrected chi connectivity index (χ2v) is 4.05. The summed E-state index contributed by atoms with van der Waals surface area (Å²) >= 11 is 0. The molecule has 1 aromatic carbocycles. The Hall–Kier alpha value is -1.26. The smallest absolute Gasteiger partial charge is 0.124 e. The maximum Gasteiger partial charge on any atom is 0.124 e. The van der Waals surface area contributed by atoms with Gasteiger partial charge in [0.15, 0.2) is 0 Å². The molecule has 0 spiro atoms. The number of phenolic OH excluding ortho intramolecular Hbond substituents is 1. The second-order valence-electron chi connectivity index (χ2n) is 4.05. The van der Waals surface area contributed by atoms with E-state index in [0.717, 1.165) is 18.8 Å². The van der Waals surface area contributed by atoms with Gasteiger partial charge in [0.2, 0.25) is 0 Å². The van der Waals surface area contributed by atoms with E-state index >= 15 is 0 Å². The van der Waals surface area contributed by atoms with Gasteiger partial charge in [-0.15, -0.1) is 0 Å². The lowest BCUT2D eigenvalue weighted by molar-refractivity contribution is -0.00934. The van der Waals surface area contributed by atoms with Crippen molar-refractivity contribution in [2.45, 2.75) is 19.0 Å². The van der Waals surface area contributed by atoms with Gasteiger partial charge < -0.3 is 19.9 Å². The third-order valence-corrected chi connectivity index (χ3v) is 2.83. The van der Waals surface area contributed by atoms with E-state index < -0.39 is 0 Å². The highest BCUT2D eigenvalue weighted by atomic mass is 16.5. The van der Waals surface area contributed by atoms with E-state index in [-0.39, 0.29) is 11.8 Å². The summed E-state index contributed by atoms with van der Waals surface area (Å²) in [4.78, 5) is 0. The first-order chi connectivity index (χ1) is 7.70. The van der Waals surface area contributed by atoms with E-state index in [2.05, 4.69) is 5.32 Å². The number of hydrogen-bond acceptors (Lipinski definition) is 4. The fourth-order valence-corrected chi connectivity index (χ4v) is 1.79. The van der Waals surface area contributed by atoms with Crippen LogP contribution in [-0.4, -0.2) is 31.5 Å². The average molecular weight is 223 g/mol. The molecule has 1 aliphatic heterocycles. The van der Waals surface area contributed by atoms with Crippen molar-refractivity contribution >= 4 is 0 Å². The fourth-order valence-electron chi connectivity index (χ4n) is 1.79. The van der Waals surface area contributed by atoms with E-state index in [4.69, 9.17) is 9.47 Å². The van der Waals surface area contributed by atoms with E-state index in [1.54, 1.807) is 13.2 Å². The average Bonchev–Trinajstić information content (AvgIpc) is 2.23. The van der Waals surface area contributed by atoms with Crippen LogP contribution in [0.15, 0.2) is 18.2 Å². The van der Waals surface area contributed by atoms with Crippen molar-refractivity contribution in [1.29, 1.82) is 0 Å². The van der Waals surface area contributed by atoms with Crippen LogP contribution in [0.1, 0.15) is 18.5 Å². The molecule has 1 fully saturated rings. The van der Waals surface area contributed by atoms with Gasteiger partial charge in [0.05, 0.1) is 26.4 Å². The number of aromatic hydroxyl groups is 1. The summed E-state index contributed by atoms with van der Waals surface area (Å²) in [5.41, 5.74) is 0.882. The van der Waals surface area contributed by atoms with Gasteiger partial charge in [0, 0.05) is 17.7 Å². The predicted octanol–water partition coefficient (Wildman–Crippen LogP) is 1.45. The molecule has 1 aliphatic rings. The Balaban J connectivity index is 2.06. The molecule has 0 aliphatic carbocycles. The minimum Gasteiger partial charge on any atom is -0.507 e. The highest BCUT2D eigenvalue weighted by molar-refractivity contribution is 5.41. The van der Waals surface area contributed by atoms with Crippen molar-refractivity contribution in [1.82, 2.24) is 5.32 Å². The lowest BCUT2D eigenvalue weighted by Gasteiger charge is -2.30. The first kappa shape index (κ1) is 11.2. The maximum atomic E-state index is 9.85. The molecule has 1 heterocycles. The zero-order chi connectivity index (χ0) is 11.5. The van der Waals surface area contributed by atoms with E-state index in [1.165, 1.54) is 0 Å². The first-order valence-corrected chi connectivity index (χ1v) is 5.41. The Morgan fingerprint density at radius 3 is 2.75 bits per heavy atom. The molecule has 4 heteroatoms. The van der Waals surface area contributed by atoms with Crippen molar-refractivity contribution in [2.24, 2.45) is 0 Å². The van der Waals surface area contributed by atoms with E-state index in [1.807, 2.05) is 19.1 Å². The molecule has 88 valence electrons. The molecule has 1 aromatic rings. The van der Waals surface area contributed by atoms with Crippen molar-refractivity contribution in [3.63, 3.8) is 0 Å². The zero-order valence-corrected chi connectivity index (χ0v) is 9.56. The summed E-state index contributed by atoms with van der Waals surface area (Å²) in [5.74, 6) is 0.931. The van der Waals surface area contributed by atoms with Gasteiger partial charge in [0.1, 0.15) is 11.5 Å². The Labute approximate surface area is 95.2 Å². The molecule has 16 heavy (non-hydrogen) atoms. The van der Waals surface area contributed by atoms with Gasteiger partial charge in [-0.25, -0.2) is 0 Å². The summed E-state index contributed by atoms with van der Waals surface area (Å²) in [6.45, 7) is 3.53. The largest absolute Gasteiger partial charge is 0.507 e. The first-order valence-electron chi connectivity index (χ1n) is 5.41. The number of benzene rings is 1. The molecule has 0 radical (unpaired) electrons. The van der Waals surface area contributed by atoms with Crippen molar-refractivity contribution < 1.29 is 14.6 Å². The SMILES string of the molecule is COc1ccc(C(C)NC2COC2)c(O)c1. The number of phenols is 1. The Bertz CT molecular complexity index is 363. The summed E-state index contributed by atoms with van der Waals surface area (Å²) in [5, 5.41) is 13.2. The number of rotatable bonds is 4. The lowest BCUT2D eigenvalue weighted by atomic mass is 10.1. The monoisotopic (exact) mass is 223 g/mol. The molecule has 0 aromatic heterocycles. The molecule has 0 bridgehead atoms. The lowest BCUT2D eigenvalue weighted by Crippen LogP contribution is -2.46. The highest BCUT2D eigenvalue weighted by Crippen LogP contribution is 2.28. The third kappa shape index (κ3) is 2.28. The van der Waals surface area contributed by atoms with E-state index in [0.29, 0.717) is 11.8 Å². The van der Waals surface area contributed by atoms with Crippen molar-refractivity contribution in [3.05, 3.63) is 23.8 Å². The molecular formula is C12H17NO3. The highest BCUT2D eigenvalue weighted by Gasteiger charge is 2.21. The molecule has 1 unspecified atom stereocenters. The van der Waals surface area contributed by atoms with Crippen LogP contribution in [-0.2, 0) is 4.74 Å².